The topological polar surface area (TPSA) is 52.5 Å². The van der Waals surface area contributed by atoms with Crippen molar-refractivity contribution in [1.29, 1.82) is 0 Å². The molecule has 1 atom stereocenters. The lowest BCUT2D eigenvalue weighted by molar-refractivity contribution is 0.00578. The molecule has 0 aromatic heterocycles. The van der Waals surface area contributed by atoms with Crippen molar-refractivity contribution in [3.63, 3.8) is 0 Å². The highest BCUT2D eigenvalue weighted by Crippen LogP contribution is 2.45. The minimum Gasteiger partial charge on any atom is -0.400 e. The van der Waals surface area contributed by atoms with Crippen LogP contribution in [0.5, 0.6) is 0 Å². The number of allylic oxidation sites excluding steroid dienone is 2. The van der Waals surface area contributed by atoms with Gasteiger partial charge in [-0.2, -0.15) is 0 Å². The molecule has 0 amide bonds. The van der Waals surface area contributed by atoms with Crippen molar-refractivity contribution in [2.24, 2.45) is 4.40 Å². The van der Waals surface area contributed by atoms with E-state index in [9.17, 15) is 0 Å². The van der Waals surface area contributed by atoms with Crippen LogP contribution in [0, 0.1) is 0 Å². The van der Waals surface area contributed by atoms with E-state index in [2.05, 4.69) is 71.8 Å². The number of nitrogens with zero attached hydrogens (tertiary/aromatic N) is 2. The van der Waals surface area contributed by atoms with Crippen LogP contribution in [0.1, 0.15) is 55.4 Å². The Morgan fingerprint density at radius 1 is 0.821 bits per heavy atom. The summed E-state index contributed by atoms with van der Waals surface area (Å²) in [5.41, 5.74) is 1.46. The third-order valence-corrected chi connectivity index (χ3v) is 7.74. The van der Waals surface area contributed by atoms with Crippen LogP contribution < -0.4 is 0 Å². The third kappa shape index (κ3) is 2.97. The molecular formula is C19H30B2N2O4S. The number of likely N-dealkylation sites (N-methyl/N-ethyl adjacent to an activating group) is 1. The minimum atomic E-state index is -0.436. The Labute approximate surface area is 173 Å². The summed E-state index contributed by atoms with van der Waals surface area (Å²) in [5, 5.41) is 0. The highest BCUT2D eigenvalue weighted by atomic mass is 32.2. The molecule has 0 radical (unpaired) electrons. The average Bonchev–Trinajstić information content (AvgIpc) is 3.10. The Kier molecular flexibility index (Phi) is 4.59. The summed E-state index contributed by atoms with van der Waals surface area (Å²) in [6, 6.07) is -0.0290. The van der Waals surface area contributed by atoms with Crippen LogP contribution >= 0.6 is 12.1 Å². The van der Waals surface area contributed by atoms with E-state index in [0.717, 1.165) is 16.7 Å². The minimum absolute atomic E-state index is 0.0290. The van der Waals surface area contributed by atoms with Gasteiger partial charge in [0.2, 0.25) is 0 Å². The van der Waals surface area contributed by atoms with Crippen LogP contribution in [0.2, 0.25) is 0 Å². The number of fused-ring (bicyclic) bond motifs is 1. The van der Waals surface area contributed by atoms with E-state index in [-0.39, 0.29) is 28.4 Å². The van der Waals surface area contributed by atoms with Gasteiger partial charge in [0, 0.05) is 12.5 Å². The van der Waals surface area contributed by atoms with E-state index in [0.29, 0.717) is 0 Å². The van der Waals surface area contributed by atoms with Gasteiger partial charge in [-0.3, -0.25) is 0 Å². The van der Waals surface area contributed by atoms with Gasteiger partial charge in [0.25, 0.3) is 0 Å². The zero-order chi connectivity index (χ0) is 20.7. The molecule has 28 heavy (non-hydrogen) atoms. The van der Waals surface area contributed by atoms with Gasteiger partial charge in [-0.1, -0.05) is 12.2 Å². The molecule has 3 heterocycles. The number of hydrogen-bond donors (Lipinski definition) is 0. The second-order valence-electron chi connectivity index (χ2n) is 9.97. The molecule has 1 unspecified atom stereocenters. The first-order valence-electron chi connectivity index (χ1n) is 9.87. The van der Waals surface area contributed by atoms with Gasteiger partial charge in [-0.15, -0.1) is 0 Å². The standard InChI is InChI=1S/C19H30B2N2O4S/c1-16(2)17(3,4)25-20(24-16)12-10-11-13(15-14(12)22-28-23(15)9)21-26-18(5,6)19(7,8)27-21/h10-11,15H,1-9H3. The molecule has 0 spiro atoms. The molecule has 4 rings (SSSR count). The first kappa shape index (κ1) is 20.7. The molecule has 2 fully saturated rings. The average molecular weight is 404 g/mol. The van der Waals surface area contributed by atoms with E-state index >= 15 is 0 Å². The molecule has 6 nitrogen and oxygen atoms in total. The van der Waals surface area contributed by atoms with Crippen molar-refractivity contribution >= 4 is 32.1 Å². The van der Waals surface area contributed by atoms with Gasteiger partial charge in [0.05, 0.1) is 46.3 Å². The second kappa shape index (κ2) is 6.22. The van der Waals surface area contributed by atoms with Crippen molar-refractivity contribution in [1.82, 2.24) is 4.31 Å². The molecule has 0 aromatic rings. The Hall–Kier alpha value is -0.570. The molecule has 152 valence electrons. The summed E-state index contributed by atoms with van der Waals surface area (Å²) in [5.74, 6) is 0. The van der Waals surface area contributed by atoms with Crippen LogP contribution in [-0.2, 0) is 18.6 Å². The molecule has 2 saturated heterocycles. The maximum atomic E-state index is 6.31. The zero-order valence-corrected chi connectivity index (χ0v) is 19.1. The smallest absolute Gasteiger partial charge is 0.400 e. The van der Waals surface area contributed by atoms with E-state index < -0.39 is 14.2 Å². The van der Waals surface area contributed by atoms with Crippen molar-refractivity contribution in [2.45, 2.75) is 83.8 Å². The molecule has 1 aliphatic carbocycles. The van der Waals surface area contributed by atoms with E-state index in [1.807, 2.05) is 7.05 Å². The summed E-state index contributed by atoms with van der Waals surface area (Å²) in [6.07, 6.45) is 4.14. The SMILES string of the molecule is CN1SN=C2C(B3OC(C)(C)C(C)(C)O3)=CC=C(B3OC(C)(C)C(C)(C)O3)C21. The molecule has 0 saturated carbocycles. The van der Waals surface area contributed by atoms with Crippen molar-refractivity contribution in [3.8, 4) is 0 Å². The van der Waals surface area contributed by atoms with Crippen LogP contribution in [0.15, 0.2) is 27.5 Å². The van der Waals surface area contributed by atoms with Crippen LogP contribution in [-0.4, -0.2) is 59.7 Å². The summed E-state index contributed by atoms with van der Waals surface area (Å²) < 4.78 is 32.1. The van der Waals surface area contributed by atoms with E-state index in [1.54, 1.807) is 0 Å². The zero-order valence-electron chi connectivity index (χ0n) is 18.3. The predicted molar refractivity (Wildman–Crippen MR) is 115 cm³/mol. The second-order valence-corrected chi connectivity index (χ2v) is 10.9. The van der Waals surface area contributed by atoms with Crippen LogP contribution in [0.3, 0.4) is 0 Å². The van der Waals surface area contributed by atoms with Gasteiger partial charge in [-0.25, -0.2) is 8.70 Å². The summed E-state index contributed by atoms with van der Waals surface area (Å²) >= 11 is 1.44. The first-order valence-corrected chi connectivity index (χ1v) is 10.6. The summed E-state index contributed by atoms with van der Waals surface area (Å²) in [6.45, 7) is 16.6. The lowest BCUT2D eigenvalue weighted by Crippen LogP contribution is -2.44. The van der Waals surface area contributed by atoms with E-state index in [4.69, 9.17) is 23.0 Å². The Morgan fingerprint density at radius 2 is 1.29 bits per heavy atom. The van der Waals surface area contributed by atoms with Gasteiger partial charge in [0.1, 0.15) is 0 Å². The van der Waals surface area contributed by atoms with Crippen molar-refractivity contribution in [3.05, 3.63) is 23.1 Å². The highest BCUT2D eigenvalue weighted by molar-refractivity contribution is 7.96. The lowest BCUT2D eigenvalue weighted by atomic mass is 9.63. The molecule has 0 N–H and O–H groups in total. The van der Waals surface area contributed by atoms with Gasteiger partial charge in [0.15, 0.2) is 0 Å². The van der Waals surface area contributed by atoms with Crippen LogP contribution in [0.25, 0.3) is 0 Å². The molecule has 0 bridgehead atoms. The van der Waals surface area contributed by atoms with E-state index in [1.165, 1.54) is 12.1 Å². The monoisotopic (exact) mass is 404 g/mol. The van der Waals surface area contributed by atoms with Crippen molar-refractivity contribution < 1.29 is 18.6 Å². The molecular weight excluding hydrogens is 374 g/mol. The Bertz CT molecular complexity index is 759. The Balaban J connectivity index is 1.68. The Morgan fingerprint density at radius 3 is 1.79 bits per heavy atom. The van der Waals surface area contributed by atoms with Gasteiger partial charge in [-0.05, 0) is 60.9 Å². The maximum Gasteiger partial charge on any atom is 0.496 e. The van der Waals surface area contributed by atoms with Crippen LogP contribution in [0.4, 0.5) is 0 Å². The first-order chi connectivity index (χ1) is 12.8. The lowest BCUT2D eigenvalue weighted by Gasteiger charge is -2.32. The predicted octanol–water partition coefficient (Wildman–Crippen LogP) is 3.43. The fourth-order valence-corrected chi connectivity index (χ4v) is 4.41. The fourth-order valence-electron chi connectivity index (χ4n) is 3.67. The summed E-state index contributed by atoms with van der Waals surface area (Å²) in [7, 11) is 1.20. The highest BCUT2D eigenvalue weighted by Gasteiger charge is 2.58. The molecule has 0 aromatic carbocycles. The molecule has 9 heteroatoms. The van der Waals surface area contributed by atoms with Crippen molar-refractivity contribution in [2.75, 3.05) is 7.05 Å². The van der Waals surface area contributed by atoms with Gasteiger partial charge < -0.3 is 18.6 Å². The molecule has 3 aliphatic heterocycles. The normalized spacial score (nSPS) is 32.9. The maximum absolute atomic E-state index is 6.31. The fraction of sp³-hybridized carbons (Fsp3) is 0.737. The van der Waals surface area contributed by atoms with Gasteiger partial charge >= 0.3 is 14.2 Å². The largest absolute Gasteiger partial charge is 0.496 e. The number of rotatable bonds is 2. The third-order valence-electron chi connectivity index (χ3n) is 6.99. The molecule has 4 aliphatic rings. The quantitative estimate of drug-likeness (QED) is 0.520. The summed E-state index contributed by atoms with van der Waals surface area (Å²) in [4.78, 5) is 0. The number of hydrogen-bond acceptors (Lipinski definition) is 7.